The van der Waals surface area contributed by atoms with Crippen molar-refractivity contribution in [1.82, 2.24) is 5.32 Å². The van der Waals surface area contributed by atoms with Gasteiger partial charge in [-0.25, -0.2) is 0 Å². The van der Waals surface area contributed by atoms with E-state index in [1.165, 1.54) is 29.7 Å². The zero-order valence-electron chi connectivity index (χ0n) is 10.1. The molecule has 0 aliphatic heterocycles. The molecule has 0 aromatic carbocycles. The molecule has 2 atom stereocenters. The van der Waals surface area contributed by atoms with Crippen LogP contribution in [0.4, 0.5) is 5.00 Å². The van der Waals surface area contributed by atoms with Crippen molar-refractivity contribution in [2.45, 2.75) is 44.4 Å². The maximum Gasteiger partial charge on any atom is 0.254 e. The average Bonchev–Trinajstić information content (AvgIpc) is 2.95. The second kappa shape index (κ2) is 4.02. The van der Waals surface area contributed by atoms with Crippen molar-refractivity contribution < 1.29 is 4.79 Å². The van der Waals surface area contributed by atoms with E-state index in [9.17, 15) is 4.79 Å². The zero-order chi connectivity index (χ0) is 12.0. The highest BCUT2D eigenvalue weighted by Crippen LogP contribution is 2.58. The number of carbonyl (C=O) groups excluding carboxylic acids is 1. The lowest BCUT2D eigenvalue weighted by Gasteiger charge is -2.12. The molecule has 3 N–H and O–H groups in total. The minimum Gasteiger partial charge on any atom is -0.390 e. The maximum atomic E-state index is 12.1. The zero-order valence-corrected chi connectivity index (χ0v) is 10.9. The van der Waals surface area contributed by atoms with Crippen LogP contribution in [0, 0.1) is 0 Å². The Morgan fingerprint density at radius 3 is 3.00 bits per heavy atom. The van der Waals surface area contributed by atoms with Gasteiger partial charge in [0.15, 0.2) is 0 Å². The molecule has 17 heavy (non-hydrogen) atoms. The fraction of sp³-hybridized carbons (Fsp3) is 0.615. The quantitative estimate of drug-likeness (QED) is 0.866. The first-order valence-corrected chi connectivity index (χ1v) is 7.24. The van der Waals surface area contributed by atoms with Gasteiger partial charge in [-0.15, -0.1) is 11.3 Å². The highest BCUT2D eigenvalue weighted by molar-refractivity contribution is 7.16. The number of rotatable bonds is 3. The lowest BCUT2D eigenvalue weighted by atomic mass is 9.94. The molecule has 92 valence electrons. The van der Waals surface area contributed by atoms with Crippen molar-refractivity contribution in [1.29, 1.82) is 0 Å². The Labute approximate surface area is 105 Å². The van der Waals surface area contributed by atoms with Crippen molar-refractivity contribution in [2.24, 2.45) is 0 Å². The van der Waals surface area contributed by atoms with Crippen LogP contribution in [0.2, 0.25) is 0 Å². The first kappa shape index (κ1) is 11.1. The summed E-state index contributed by atoms with van der Waals surface area (Å²) in [6, 6.07) is 0. The molecule has 4 heteroatoms. The first-order valence-electron chi connectivity index (χ1n) is 6.42. The third kappa shape index (κ3) is 1.58. The Bertz CT molecular complexity index is 466. The molecular weight excluding hydrogens is 232 g/mol. The summed E-state index contributed by atoms with van der Waals surface area (Å²) >= 11 is 1.65. The van der Waals surface area contributed by atoms with Crippen molar-refractivity contribution in [2.75, 3.05) is 12.3 Å². The number of carbonyl (C=O) groups is 1. The summed E-state index contributed by atoms with van der Waals surface area (Å²) in [6.07, 6.45) is 4.73. The van der Waals surface area contributed by atoms with Gasteiger partial charge in [-0.05, 0) is 43.1 Å². The third-order valence-corrected chi connectivity index (χ3v) is 5.17. The highest BCUT2D eigenvalue weighted by atomic mass is 32.1. The number of amides is 1. The van der Waals surface area contributed by atoms with Gasteiger partial charge in [0.25, 0.3) is 5.91 Å². The molecule has 0 radical (unpaired) electrons. The summed E-state index contributed by atoms with van der Waals surface area (Å²) < 4.78 is 0. The number of nitrogen functional groups attached to an aromatic ring is 1. The fourth-order valence-electron chi connectivity index (χ4n) is 3.23. The maximum absolute atomic E-state index is 12.1. The molecule has 2 aliphatic rings. The summed E-state index contributed by atoms with van der Waals surface area (Å²) in [5, 5.41) is 3.67. The summed E-state index contributed by atoms with van der Waals surface area (Å²) in [4.78, 5) is 13.5. The van der Waals surface area contributed by atoms with Gasteiger partial charge >= 0.3 is 0 Å². The van der Waals surface area contributed by atoms with Gasteiger partial charge in [-0.3, -0.25) is 4.79 Å². The minimum atomic E-state index is 0.0365. The second-order valence-electron chi connectivity index (χ2n) is 5.08. The van der Waals surface area contributed by atoms with Gasteiger partial charge < -0.3 is 11.1 Å². The molecule has 1 fully saturated rings. The topological polar surface area (TPSA) is 55.1 Å². The third-order valence-electron chi connectivity index (χ3n) is 3.98. The predicted octanol–water partition coefficient (Wildman–Crippen LogP) is 2.83. The van der Waals surface area contributed by atoms with E-state index in [0.717, 1.165) is 23.5 Å². The molecule has 2 aliphatic carbocycles. The van der Waals surface area contributed by atoms with Crippen LogP contribution in [0.5, 0.6) is 0 Å². The van der Waals surface area contributed by atoms with Gasteiger partial charge in [0.05, 0.1) is 10.6 Å². The Balaban J connectivity index is 1.95. The number of fused-ring (bicyclic) bond motifs is 5. The molecule has 1 amide bonds. The van der Waals surface area contributed by atoms with Gasteiger partial charge in [0, 0.05) is 11.4 Å². The van der Waals surface area contributed by atoms with Crippen molar-refractivity contribution in [3.8, 4) is 0 Å². The highest BCUT2D eigenvalue weighted by Gasteiger charge is 2.42. The Morgan fingerprint density at radius 1 is 1.47 bits per heavy atom. The average molecular weight is 250 g/mol. The van der Waals surface area contributed by atoms with Crippen molar-refractivity contribution in [3.05, 3.63) is 16.0 Å². The molecule has 3 rings (SSSR count). The minimum absolute atomic E-state index is 0.0365. The van der Waals surface area contributed by atoms with Gasteiger partial charge in [-0.1, -0.05) is 6.92 Å². The smallest absolute Gasteiger partial charge is 0.254 e. The van der Waals surface area contributed by atoms with E-state index in [1.807, 2.05) is 0 Å². The molecule has 3 nitrogen and oxygen atoms in total. The number of nitrogens with one attached hydrogen (secondary N) is 1. The molecular formula is C13H18N2OS. The number of hydrogen-bond donors (Lipinski definition) is 2. The van der Waals surface area contributed by atoms with Crippen LogP contribution < -0.4 is 11.1 Å². The van der Waals surface area contributed by atoms with E-state index >= 15 is 0 Å². The molecule has 2 bridgehead atoms. The Kier molecular flexibility index (Phi) is 2.62. The van der Waals surface area contributed by atoms with Crippen LogP contribution in [0.1, 0.15) is 65.2 Å². The molecule has 2 unspecified atom stereocenters. The predicted molar refractivity (Wildman–Crippen MR) is 70.7 cm³/mol. The van der Waals surface area contributed by atoms with E-state index < -0.39 is 0 Å². The van der Waals surface area contributed by atoms with Crippen molar-refractivity contribution in [3.63, 3.8) is 0 Å². The fourth-order valence-corrected chi connectivity index (χ4v) is 4.53. The lowest BCUT2D eigenvalue weighted by Crippen LogP contribution is -2.25. The summed E-state index contributed by atoms with van der Waals surface area (Å²) in [6.45, 7) is 2.79. The number of hydrogen-bond acceptors (Lipinski definition) is 3. The van der Waals surface area contributed by atoms with Crippen LogP contribution in [0.25, 0.3) is 0 Å². The molecule has 1 saturated carbocycles. The Morgan fingerprint density at radius 2 is 2.24 bits per heavy atom. The van der Waals surface area contributed by atoms with E-state index in [0.29, 0.717) is 11.8 Å². The first-order chi connectivity index (χ1) is 8.22. The van der Waals surface area contributed by atoms with Crippen molar-refractivity contribution >= 4 is 22.2 Å². The molecule has 1 aromatic rings. The Hall–Kier alpha value is -1.03. The number of nitrogens with two attached hydrogens (primary N) is 1. The lowest BCUT2D eigenvalue weighted by molar-refractivity contribution is 0.0953. The van der Waals surface area contributed by atoms with E-state index in [4.69, 9.17) is 5.73 Å². The van der Waals surface area contributed by atoms with Crippen LogP contribution in [-0.4, -0.2) is 12.5 Å². The SMILES string of the molecule is CCCNC(=O)c1c(N)sc2c1C1CCC2C1. The molecule has 1 aromatic heterocycles. The second-order valence-corrected chi connectivity index (χ2v) is 6.17. The molecule has 1 heterocycles. The normalized spacial score (nSPS) is 25.0. The summed E-state index contributed by atoms with van der Waals surface area (Å²) in [5.74, 6) is 1.33. The standard InChI is InChI=1S/C13H18N2OS/c1-2-5-15-13(16)10-9-7-3-4-8(6-7)11(9)17-12(10)14/h7-8H,2-6,14H2,1H3,(H,15,16). The summed E-state index contributed by atoms with van der Waals surface area (Å²) in [5.41, 5.74) is 8.12. The monoisotopic (exact) mass is 250 g/mol. The van der Waals surface area contributed by atoms with E-state index in [-0.39, 0.29) is 5.91 Å². The van der Waals surface area contributed by atoms with Crippen LogP contribution in [0.15, 0.2) is 0 Å². The van der Waals surface area contributed by atoms with E-state index in [1.54, 1.807) is 11.3 Å². The van der Waals surface area contributed by atoms with Crippen LogP contribution in [0.3, 0.4) is 0 Å². The number of anilines is 1. The van der Waals surface area contributed by atoms with Gasteiger partial charge in [0.1, 0.15) is 0 Å². The summed E-state index contributed by atoms with van der Waals surface area (Å²) in [7, 11) is 0. The van der Waals surface area contributed by atoms with Crippen LogP contribution in [-0.2, 0) is 0 Å². The number of thiophene rings is 1. The molecule has 0 saturated heterocycles. The van der Waals surface area contributed by atoms with Gasteiger partial charge in [-0.2, -0.15) is 0 Å². The largest absolute Gasteiger partial charge is 0.390 e. The molecule has 0 spiro atoms. The van der Waals surface area contributed by atoms with Gasteiger partial charge in [0.2, 0.25) is 0 Å². The van der Waals surface area contributed by atoms with E-state index in [2.05, 4.69) is 12.2 Å². The van der Waals surface area contributed by atoms with Crippen LogP contribution >= 0.6 is 11.3 Å².